The average molecular weight is 303 g/mol. The number of carbonyl (C=O) groups is 1. The van der Waals surface area contributed by atoms with Crippen LogP contribution >= 0.6 is 0 Å². The van der Waals surface area contributed by atoms with Gasteiger partial charge in [-0.15, -0.1) is 0 Å². The molecular weight excluding hydrogens is 278 g/mol. The fourth-order valence-corrected chi connectivity index (χ4v) is 3.72. The van der Waals surface area contributed by atoms with Gasteiger partial charge in [0.2, 0.25) is 5.91 Å². The lowest BCUT2D eigenvalue weighted by Crippen LogP contribution is -2.48. The number of benzene rings is 1. The Morgan fingerprint density at radius 2 is 2.18 bits per heavy atom. The van der Waals surface area contributed by atoms with Crippen LogP contribution in [0.25, 0.3) is 0 Å². The van der Waals surface area contributed by atoms with Crippen molar-refractivity contribution in [3.05, 3.63) is 35.4 Å². The van der Waals surface area contributed by atoms with Gasteiger partial charge in [-0.1, -0.05) is 24.3 Å². The molecule has 3 rings (SSSR count). The molecular formula is C18H25NO3. The van der Waals surface area contributed by atoms with Gasteiger partial charge in [0, 0.05) is 6.54 Å². The lowest BCUT2D eigenvalue weighted by atomic mass is 9.94. The Hall–Kier alpha value is -1.39. The van der Waals surface area contributed by atoms with Gasteiger partial charge in [0.1, 0.15) is 0 Å². The van der Waals surface area contributed by atoms with Crippen LogP contribution in [0.4, 0.5) is 0 Å². The largest absolute Gasteiger partial charge is 0.388 e. The predicted molar refractivity (Wildman–Crippen MR) is 84.5 cm³/mol. The standard InChI is InChI=1S/C18H25NO3/c1-18(2,21)16-8-5-10-19(16)17(20)12-15-14-7-4-3-6-13(14)9-11-22-15/h3-4,6-7,15-16,21H,5,8-12H2,1-2H3. The molecule has 0 saturated carbocycles. The van der Waals surface area contributed by atoms with E-state index in [4.69, 9.17) is 4.74 Å². The smallest absolute Gasteiger partial charge is 0.225 e. The third-order valence-corrected chi connectivity index (χ3v) is 4.84. The molecule has 0 aromatic heterocycles. The zero-order valence-corrected chi connectivity index (χ0v) is 13.4. The second-order valence-corrected chi connectivity index (χ2v) is 6.91. The zero-order chi connectivity index (χ0) is 15.7. The molecule has 1 aromatic carbocycles. The van der Waals surface area contributed by atoms with Crippen molar-refractivity contribution in [1.82, 2.24) is 4.90 Å². The van der Waals surface area contributed by atoms with E-state index < -0.39 is 5.60 Å². The summed E-state index contributed by atoms with van der Waals surface area (Å²) in [5.74, 6) is 0.0892. The van der Waals surface area contributed by atoms with Gasteiger partial charge in [-0.3, -0.25) is 4.79 Å². The van der Waals surface area contributed by atoms with Crippen molar-refractivity contribution >= 4 is 5.91 Å². The topological polar surface area (TPSA) is 49.8 Å². The second kappa shape index (κ2) is 6.01. The number of nitrogens with zero attached hydrogens (tertiary/aromatic N) is 1. The van der Waals surface area contributed by atoms with Crippen molar-refractivity contribution in [2.45, 2.75) is 57.3 Å². The molecule has 0 bridgehead atoms. The summed E-state index contributed by atoms with van der Waals surface area (Å²) in [5.41, 5.74) is 1.57. The Kier molecular flexibility index (Phi) is 4.24. The van der Waals surface area contributed by atoms with Crippen molar-refractivity contribution in [3.8, 4) is 0 Å². The molecule has 0 spiro atoms. The summed E-state index contributed by atoms with van der Waals surface area (Å²) in [7, 11) is 0. The number of ether oxygens (including phenoxy) is 1. The van der Waals surface area contributed by atoms with E-state index in [1.807, 2.05) is 17.0 Å². The molecule has 4 heteroatoms. The fourth-order valence-electron chi connectivity index (χ4n) is 3.72. The van der Waals surface area contributed by atoms with Gasteiger partial charge < -0.3 is 14.7 Å². The summed E-state index contributed by atoms with van der Waals surface area (Å²) < 4.78 is 5.85. The van der Waals surface area contributed by atoms with E-state index in [-0.39, 0.29) is 18.1 Å². The maximum atomic E-state index is 12.7. The highest BCUT2D eigenvalue weighted by atomic mass is 16.5. The maximum Gasteiger partial charge on any atom is 0.225 e. The number of fused-ring (bicyclic) bond motifs is 1. The Balaban J connectivity index is 1.73. The minimum Gasteiger partial charge on any atom is -0.388 e. The summed E-state index contributed by atoms with van der Waals surface area (Å²) in [6, 6.07) is 8.13. The normalized spacial score (nSPS) is 25.1. The molecule has 2 atom stereocenters. The molecule has 22 heavy (non-hydrogen) atoms. The van der Waals surface area contributed by atoms with E-state index in [1.165, 1.54) is 5.56 Å². The van der Waals surface area contributed by atoms with Crippen LogP contribution in [0.5, 0.6) is 0 Å². The first-order valence-electron chi connectivity index (χ1n) is 8.18. The summed E-state index contributed by atoms with van der Waals surface area (Å²) in [6.45, 7) is 4.98. The van der Waals surface area contributed by atoms with Crippen LogP contribution in [0.1, 0.15) is 50.3 Å². The highest BCUT2D eigenvalue weighted by molar-refractivity contribution is 5.78. The van der Waals surface area contributed by atoms with Gasteiger partial charge in [-0.25, -0.2) is 0 Å². The quantitative estimate of drug-likeness (QED) is 0.933. The van der Waals surface area contributed by atoms with Crippen molar-refractivity contribution in [1.29, 1.82) is 0 Å². The van der Waals surface area contributed by atoms with E-state index in [1.54, 1.807) is 13.8 Å². The van der Waals surface area contributed by atoms with Crippen molar-refractivity contribution in [2.75, 3.05) is 13.2 Å². The molecule has 1 amide bonds. The van der Waals surface area contributed by atoms with Crippen LogP contribution in [0.3, 0.4) is 0 Å². The Morgan fingerprint density at radius 1 is 1.41 bits per heavy atom. The van der Waals surface area contributed by atoms with Gasteiger partial charge in [0.25, 0.3) is 0 Å². The molecule has 1 fully saturated rings. The maximum absolute atomic E-state index is 12.7. The number of likely N-dealkylation sites (tertiary alicyclic amines) is 1. The molecule has 2 heterocycles. The van der Waals surface area contributed by atoms with Gasteiger partial charge in [-0.2, -0.15) is 0 Å². The summed E-state index contributed by atoms with van der Waals surface area (Å²) in [5, 5.41) is 10.3. The van der Waals surface area contributed by atoms with Gasteiger partial charge in [-0.05, 0) is 44.2 Å². The highest BCUT2D eigenvalue weighted by Crippen LogP contribution is 2.33. The number of hydrogen-bond acceptors (Lipinski definition) is 3. The molecule has 1 aromatic rings. The number of hydrogen-bond donors (Lipinski definition) is 1. The monoisotopic (exact) mass is 303 g/mol. The van der Waals surface area contributed by atoms with E-state index in [2.05, 4.69) is 12.1 Å². The number of aliphatic hydroxyl groups is 1. The molecule has 0 radical (unpaired) electrons. The Labute approximate surface area is 132 Å². The van der Waals surface area contributed by atoms with Crippen molar-refractivity contribution in [3.63, 3.8) is 0 Å². The summed E-state index contributed by atoms with van der Waals surface area (Å²) >= 11 is 0. The number of rotatable bonds is 3. The summed E-state index contributed by atoms with van der Waals surface area (Å²) in [4.78, 5) is 14.6. The highest BCUT2D eigenvalue weighted by Gasteiger charge is 2.39. The van der Waals surface area contributed by atoms with Crippen LogP contribution in [-0.2, 0) is 16.0 Å². The number of carbonyl (C=O) groups excluding carboxylic acids is 1. The molecule has 1 N–H and O–H groups in total. The molecule has 0 aliphatic carbocycles. The van der Waals surface area contributed by atoms with E-state index in [0.29, 0.717) is 13.0 Å². The average Bonchev–Trinajstić information content (AvgIpc) is 2.97. The van der Waals surface area contributed by atoms with Gasteiger partial charge in [0.05, 0.1) is 30.8 Å². The Bertz CT molecular complexity index is 550. The summed E-state index contributed by atoms with van der Waals surface area (Å²) in [6.07, 6.45) is 2.96. The first-order valence-corrected chi connectivity index (χ1v) is 8.18. The van der Waals surface area contributed by atoms with E-state index in [0.717, 1.165) is 31.4 Å². The van der Waals surface area contributed by atoms with Crippen LogP contribution in [0.2, 0.25) is 0 Å². The zero-order valence-electron chi connectivity index (χ0n) is 13.4. The first-order chi connectivity index (χ1) is 10.5. The lowest BCUT2D eigenvalue weighted by Gasteiger charge is -2.35. The van der Waals surface area contributed by atoms with Gasteiger partial charge in [0.15, 0.2) is 0 Å². The molecule has 2 unspecified atom stereocenters. The third kappa shape index (κ3) is 3.03. The molecule has 120 valence electrons. The minimum atomic E-state index is -0.850. The van der Waals surface area contributed by atoms with E-state index >= 15 is 0 Å². The molecule has 4 nitrogen and oxygen atoms in total. The number of amides is 1. The molecule has 2 aliphatic rings. The van der Waals surface area contributed by atoms with Crippen LogP contribution in [0, 0.1) is 0 Å². The van der Waals surface area contributed by atoms with Crippen LogP contribution in [0.15, 0.2) is 24.3 Å². The van der Waals surface area contributed by atoms with Gasteiger partial charge >= 0.3 is 0 Å². The predicted octanol–water partition coefficient (Wildman–Crippen LogP) is 2.45. The molecule has 2 aliphatic heterocycles. The third-order valence-electron chi connectivity index (χ3n) is 4.84. The van der Waals surface area contributed by atoms with Crippen LogP contribution < -0.4 is 0 Å². The Morgan fingerprint density at radius 3 is 2.95 bits per heavy atom. The second-order valence-electron chi connectivity index (χ2n) is 6.91. The fraction of sp³-hybridized carbons (Fsp3) is 0.611. The SMILES string of the molecule is CC(C)(O)C1CCCN1C(=O)CC1OCCc2ccccc21. The van der Waals surface area contributed by atoms with E-state index in [9.17, 15) is 9.90 Å². The van der Waals surface area contributed by atoms with Crippen molar-refractivity contribution in [2.24, 2.45) is 0 Å². The van der Waals surface area contributed by atoms with Crippen LogP contribution in [-0.4, -0.2) is 40.7 Å². The molecule has 1 saturated heterocycles. The lowest BCUT2D eigenvalue weighted by molar-refractivity contribution is -0.140. The minimum absolute atomic E-state index is 0.0844. The van der Waals surface area contributed by atoms with Crippen molar-refractivity contribution < 1.29 is 14.6 Å². The first kappa shape index (κ1) is 15.5.